The molecular weight excluding hydrogens is 410 g/mol. The van der Waals surface area contributed by atoms with Gasteiger partial charge in [0.2, 0.25) is 0 Å². The van der Waals surface area contributed by atoms with Gasteiger partial charge in [-0.3, -0.25) is 14.0 Å². The Morgan fingerprint density at radius 1 is 1.12 bits per heavy atom. The summed E-state index contributed by atoms with van der Waals surface area (Å²) in [6, 6.07) is 9.70. The van der Waals surface area contributed by atoms with Gasteiger partial charge < -0.3 is 19.5 Å². The standard InChI is InChI=1S/C23H23N5O4/c1-27-10-15(9-25-27)14-4-5-19-18(6-14)24-13-28(19)17-7-20(30-2)22(21(8-17)31-3)23(29)26-16-11-32-12-16/h4-10,13,16H,11-12H2,1-3H3,(H,26,29). The van der Waals surface area contributed by atoms with Gasteiger partial charge in [-0.05, 0) is 17.7 Å². The molecule has 1 saturated heterocycles. The van der Waals surface area contributed by atoms with Crippen LogP contribution in [0.5, 0.6) is 11.5 Å². The van der Waals surface area contributed by atoms with Crippen LogP contribution >= 0.6 is 0 Å². The lowest BCUT2D eigenvalue weighted by Crippen LogP contribution is -2.48. The predicted octanol–water partition coefficient (Wildman–Crippen LogP) is 2.57. The molecule has 2 aromatic carbocycles. The molecule has 5 rings (SSSR count). The van der Waals surface area contributed by atoms with Crippen molar-refractivity contribution in [3.05, 3.63) is 54.6 Å². The molecule has 1 fully saturated rings. The number of aromatic nitrogens is 4. The highest BCUT2D eigenvalue weighted by atomic mass is 16.5. The Hall–Kier alpha value is -3.85. The van der Waals surface area contributed by atoms with Crippen LogP contribution < -0.4 is 14.8 Å². The van der Waals surface area contributed by atoms with E-state index in [2.05, 4.69) is 15.4 Å². The fourth-order valence-corrected chi connectivity index (χ4v) is 3.81. The van der Waals surface area contributed by atoms with Gasteiger partial charge in [0.15, 0.2) is 0 Å². The molecule has 1 aliphatic rings. The second-order valence-electron chi connectivity index (χ2n) is 7.65. The van der Waals surface area contributed by atoms with Crippen molar-refractivity contribution in [3.63, 3.8) is 0 Å². The maximum atomic E-state index is 12.8. The Morgan fingerprint density at radius 3 is 2.47 bits per heavy atom. The topological polar surface area (TPSA) is 92.4 Å². The van der Waals surface area contributed by atoms with E-state index in [0.29, 0.717) is 30.3 Å². The molecular formula is C23H23N5O4. The minimum absolute atomic E-state index is 0.00296. The van der Waals surface area contributed by atoms with Crippen LogP contribution in [0.1, 0.15) is 10.4 Å². The highest BCUT2D eigenvalue weighted by Gasteiger charge is 2.26. The van der Waals surface area contributed by atoms with Gasteiger partial charge >= 0.3 is 0 Å². The fraction of sp³-hybridized carbons (Fsp3) is 0.261. The van der Waals surface area contributed by atoms with Gasteiger partial charge in [0.1, 0.15) is 23.4 Å². The zero-order valence-electron chi connectivity index (χ0n) is 18.0. The quantitative estimate of drug-likeness (QED) is 0.503. The molecule has 1 amide bonds. The summed E-state index contributed by atoms with van der Waals surface area (Å²) in [5, 5.41) is 7.18. The molecule has 0 aliphatic carbocycles. The first-order valence-corrected chi connectivity index (χ1v) is 10.2. The van der Waals surface area contributed by atoms with Crippen molar-refractivity contribution < 1.29 is 19.0 Å². The molecule has 0 radical (unpaired) electrons. The first kappa shape index (κ1) is 20.1. The van der Waals surface area contributed by atoms with E-state index in [1.165, 1.54) is 14.2 Å². The zero-order valence-corrected chi connectivity index (χ0v) is 18.0. The molecule has 2 aromatic heterocycles. The Kier molecular flexibility index (Phi) is 5.02. The van der Waals surface area contributed by atoms with Crippen LogP contribution in [0.4, 0.5) is 0 Å². The van der Waals surface area contributed by atoms with E-state index >= 15 is 0 Å². The number of methoxy groups -OCH3 is 2. The number of benzene rings is 2. The number of imidazole rings is 1. The van der Waals surface area contributed by atoms with Gasteiger partial charge in [0, 0.05) is 30.9 Å². The van der Waals surface area contributed by atoms with E-state index in [1.807, 2.05) is 54.3 Å². The van der Waals surface area contributed by atoms with E-state index in [4.69, 9.17) is 14.2 Å². The van der Waals surface area contributed by atoms with Gasteiger partial charge in [0.05, 0.1) is 56.4 Å². The van der Waals surface area contributed by atoms with E-state index in [-0.39, 0.29) is 11.9 Å². The maximum absolute atomic E-state index is 12.8. The SMILES string of the molecule is COc1cc(-n2cnc3cc(-c4cnn(C)c4)ccc32)cc(OC)c1C(=O)NC1COC1. The molecule has 0 saturated carbocycles. The van der Waals surface area contributed by atoms with E-state index < -0.39 is 0 Å². The van der Waals surface area contributed by atoms with Crippen LogP contribution in [0, 0.1) is 0 Å². The molecule has 1 aliphatic heterocycles. The lowest BCUT2D eigenvalue weighted by Gasteiger charge is -2.27. The molecule has 9 nitrogen and oxygen atoms in total. The van der Waals surface area contributed by atoms with Gasteiger partial charge in [-0.2, -0.15) is 5.10 Å². The van der Waals surface area contributed by atoms with Gasteiger partial charge in [0.25, 0.3) is 5.91 Å². The minimum Gasteiger partial charge on any atom is -0.496 e. The van der Waals surface area contributed by atoms with Crippen molar-refractivity contribution in [1.82, 2.24) is 24.6 Å². The number of fused-ring (bicyclic) bond motifs is 1. The number of rotatable bonds is 6. The second-order valence-corrected chi connectivity index (χ2v) is 7.65. The van der Waals surface area contributed by atoms with Crippen molar-refractivity contribution in [3.8, 4) is 28.3 Å². The first-order chi connectivity index (χ1) is 15.6. The highest BCUT2D eigenvalue weighted by Crippen LogP contribution is 2.34. The predicted molar refractivity (Wildman–Crippen MR) is 118 cm³/mol. The minimum atomic E-state index is -0.254. The number of hydrogen-bond donors (Lipinski definition) is 1. The van der Waals surface area contributed by atoms with Crippen molar-refractivity contribution in [1.29, 1.82) is 0 Å². The molecule has 0 bridgehead atoms. The zero-order chi connectivity index (χ0) is 22.2. The van der Waals surface area contributed by atoms with Crippen molar-refractivity contribution >= 4 is 16.9 Å². The molecule has 3 heterocycles. The van der Waals surface area contributed by atoms with Gasteiger partial charge in [-0.25, -0.2) is 4.98 Å². The molecule has 0 atom stereocenters. The van der Waals surface area contributed by atoms with Crippen LogP contribution in [-0.2, 0) is 11.8 Å². The summed E-state index contributed by atoms with van der Waals surface area (Å²) in [6.07, 6.45) is 5.54. The Balaban J connectivity index is 1.54. The molecule has 9 heteroatoms. The summed E-state index contributed by atoms with van der Waals surface area (Å²) >= 11 is 0. The summed E-state index contributed by atoms with van der Waals surface area (Å²) in [4.78, 5) is 17.4. The van der Waals surface area contributed by atoms with Crippen LogP contribution in [-0.4, -0.2) is 58.7 Å². The monoisotopic (exact) mass is 433 g/mol. The lowest BCUT2D eigenvalue weighted by atomic mass is 10.1. The summed E-state index contributed by atoms with van der Waals surface area (Å²) in [7, 11) is 4.96. The smallest absolute Gasteiger partial charge is 0.259 e. The first-order valence-electron chi connectivity index (χ1n) is 10.2. The summed E-state index contributed by atoms with van der Waals surface area (Å²) in [6.45, 7) is 1.02. The van der Waals surface area contributed by atoms with Crippen LogP contribution in [0.2, 0.25) is 0 Å². The third-order valence-electron chi connectivity index (χ3n) is 5.55. The normalized spacial score (nSPS) is 13.7. The summed E-state index contributed by atoms with van der Waals surface area (Å²) < 4.78 is 20.0. The van der Waals surface area contributed by atoms with Gasteiger partial charge in [-0.1, -0.05) is 6.07 Å². The number of aryl methyl sites for hydroxylation is 1. The average molecular weight is 433 g/mol. The lowest BCUT2D eigenvalue weighted by molar-refractivity contribution is -0.00354. The third kappa shape index (κ3) is 3.46. The van der Waals surface area contributed by atoms with Crippen LogP contribution in [0.25, 0.3) is 27.8 Å². The average Bonchev–Trinajstić information content (AvgIpc) is 3.40. The number of nitrogens with one attached hydrogen (secondary N) is 1. The number of carbonyl (C=O) groups excluding carboxylic acids is 1. The van der Waals surface area contributed by atoms with E-state index in [9.17, 15) is 4.79 Å². The molecule has 32 heavy (non-hydrogen) atoms. The number of nitrogens with zero attached hydrogens (tertiary/aromatic N) is 4. The fourth-order valence-electron chi connectivity index (χ4n) is 3.81. The van der Waals surface area contributed by atoms with Crippen molar-refractivity contribution in [2.24, 2.45) is 7.05 Å². The van der Waals surface area contributed by atoms with Crippen LogP contribution in [0.3, 0.4) is 0 Å². The van der Waals surface area contributed by atoms with Crippen molar-refractivity contribution in [2.45, 2.75) is 6.04 Å². The van der Waals surface area contributed by atoms with Crippen LogP contribution in [0.15, 0.2) is 49.1 Å². The molecule has 0 unspecified atom stereocenters. The van der Waals surface area contributed by atoms with E-state index in [1.54, 1.807) is 11.0 Å². The maximum Gasteiger partial charge on any atom is 0.259 e. The molecule has 1 N–H and O–H groups in total. The number of carbonyl (C=O) groups is 1. The number of hydrogen-bond acceptors (Lipinski definition) is 6. The summed E-state index contributed by atoms with van der Waals surface area (Å²) in [5.74, 6) is 0.590. The molecule has 4 aromatic rings. The Bertz CT molecular complexity index is 1280. The molecule has 164 valence electrons. The number of ether oxygens (including phenoxy) is 3. The summed E-state index contributed by atoms with van der Waals surface area (Å²) in [5.41, 5.74) is 4.96. The largest absolute Gasteiger partial charge is 0.496 e. The van der Waals surface area contributed by atoms with Gasteiger partial charge in [-0.15, -0.1) is 0 Å². The van der Waals surface area contributed by atoms with Crippen molar-refractivity contribution in [2.75, 3.05) is 27.4 Å². The Labute approximate surface area is 184 Å². The van der Waals surface area contributed by atoms with E-state index in [0.717, 1.165) is 27.8 Å². The third-order valence-corrected chi connectivity index (χ3v) is 5.55. The number of amides is 1. The Morgan fingerprint density at radius 2 is 1.88 bits per heavy atom. The second kappa shape index (κ2) is 8.01. The highest BCUT2D eigenvalue weighted by molar-refractivity contribution is 6.00. The molecule has 0 spiro atoms.